The number of para-hydroxylation sites is 1. The first kappa shape index (κ1) is 23.8. The number of halogens is 1. The largest absolute Gasteiger partial charge is 0.447 e. The number of oxazole rings is 1. The summed E-state index contributed by atoms with van der Waals surface area (Å²) < 4.78 is 5.68. The molecule has 0 aliphatic carbocycles. The number of fused-ring (bicyclic) bond motifs is 1. The number of aromatic amines is 1. The maximum atomic E-state index is 12.6. The van der Waals surface area contributed by atoms with Crippen molar-refractivity contribution in [1.82, 2.24) is 25.2 Å². The average Bonchev–Trinajstić information content (AvgIpc) is 3.55. The van der Waals surface area contributed by atoms with Gasteiger partial charge in [0.2, 0.25) is 5.89 Å². The lowest BCUT2D eigenvalue weighted by Gasteiger charge is -2.21. The minimum Gasteiger partial charge on any atom is -0.447 e. The van der Waals surface area contributed by atoms with Gasteiger partial charge >= 0.3 is 0 Å². The average molecular weight is 500 g/mol. The Kier molecular flexibility index (Phi) is 7.40. The monoisotopic (exact) mass is 499 g/mol. The number of carbonyl (C=O) groups excluding carboxylic acids is 1. The van der Waals surface area contributed by atoms with Gasteiger partial charge in [-0.3, -0.25) is 14.7 Å². The van der Waals surface area contributed by atoms with Gasteiger partial charge in [-0.1, -0.05) is 41.9 Å². The molecule has 182 valence electrons. The predicted molar refractivity (Wildman–Crippen MR) is 139 cm³/mol. The molecule has 36 heavy (non-hydrogen) atoms. The topological polar surface area (TPSA) is 87.0 Å². The molecule has 8 heteroatoms. The van der Waals surface area contributed by atoms with Crippen molar-refractivity contribution < 1.29 is 9.21 Å². The van der Waals surface area contributed by atoms with Crippen LogP contribution in [0.5, 0.6) is 0 Å². The van der Waals surface area contributed by atoms with Crippen molar-refractivity contribution in [3.05, 3.63) is 119 Å². The van der Waals surface area contributed by atoms with E-state index in [0.29, 0.717) is 30.5 Å². The van der Waals surface area contributed by atoms with Crippen LogP contribution < -0.4 is 5.32 Å². The Morgan fingerprint density at radius 2 is 1.81 bits per heavy atom. The third-order valence-corrected chi connectivity index (χ3v) is 6.29. The molecule has 0 saturated heterocycles. The van der Waals surface area contributed by atoms with Crippen LogP contribution >= 0.6 is 11.6 Å². The summed E-state index contributed by atoms with van der Waals surface area (Å²) in [6.07, 6.45) is 7.74. The molecule has 0 radical (unpaired) electrons. The minimum absolute atomic E-state index is 0.266. The first-order valence-corrected chi connectivity index (χ1v) is 12.1. The highest BCUT2D eigenvalue weighted by Gasteiger charge is 2.16. The number of hydrogen-bond acceptors (Lipinski definition) is 5. The molecule has 2 N–H and O–H groups in total. The van der Waals surface area contributed by atoms with Crippen LogP contribution in [-0.2, 0) is 26.1 Å². The van der Waals surface area contributed by atoms with Crippen LogP contribution in [0.15, 0.2) is 89.9 Å². The maximum absolute atomic E-state index is 12.6. The lowest BCUT2D eigenvalue weighted by Crippen LogP contribution is -2.26. The van der Waals surface area contributed by atoms with E-state index < -0.39 is 0 Å². The molecular weight excluding hydrogens is 474 g/mol. The van der Waals surface area contributed by atoms with E-state index in [4.69, 9.17) is 16.0 Å². The Morgan fingerprint density at radius 1 is 1.00 bits per heavy atom. The molecule has 7 nitrogen and oxygen atoms in total. The second kappa shape index (κ2) is 11.2. The minimum atomic E-state index is -0.273. The van der Waals surface area contributed by atoms with Gasteiger partial charge in [-0.2, -0.15) is 0 Å². The molecule has 0 aliphatic heterocycles. The number of carbonyl (C=O) groups is 1. The van der Waals surface area contributed by atoms with Gasteiger partial charge in [0.1, 0.15) is 6.26 Å². The summed E-state index contributed by atoms with van der Waals surface area (Å²) in [5.41, 5.74) is 4.76. The van der Waals surface area contributed by atoms with Crippen LogP contribution in [0.1, 0.15) is 33.1 Å². The van der Waals surface area contributed by atoms with Crippen molar-refractivity contribution in [3.8, 4) is 0 Å². The third-order valence-electron chi connectivity index (χ3n) is 6.04. The summed E-state index contributed by atoms with van der Waals surface area (Å²) in [5, 5.41) is 4.81. The van der Waals surface area contributed by atoms with Crippen LogP contribution in [-0.4, -0.2) is 32.3 Å². The van der Waals surface area contributed by atoms with Gasteiger partial charge in [0, 0.05) is 54.2 Å². The normalized spacial score (nSPS) is 11.3. The Balaban J connectivity index is 1.26. The molecule has 5 rings (SSSR count). The third kappa shape index (κ3) is 6.00. The van der Waals surface area contributed by atoms with Crippen molar-refractivity contribution >= 4 is 28.4 Å². The Labute approximate surface area is 214 Å². The van der Waals surface area contributed by atoms with Crippen LogP contribution in [0.25, 0.3) is 10.9 Å². The van der Waals surface area contributed by atoms with Crippen LogP contribution in [0.4, 0.5) is 0 Å². The van der Waals surface area contributed by atoms with Crippen LogP contribution in [0, 0.1) is 0 Å². The maximum Gasteiger partial charge on any atom is 0.273 e. The van der Waals surface area contributed by atoms with Crippen molar-refractivity contribution in [2.24, 2.45) is 0 Å². The summed E-state index contributed by atoms with van der Waals surface area (Å²) >= 11 is 6.08. The summed E-state index contributed by atoms with van der Waals surface area (Å²) in [4.78, 5) is 26.6. The van der Waals surface area contributed by atoms with Gasteiger partial charge in [-0.05, 0) is 53.4 Å². The molecule has 3 aromatic heterocycles. The molecular formula is C28H26ClN5O2. The number of rotatable bonds is 10. The standard InChI is InChI=1S/C28H26ClN5O2/c29-23-7-5-21(6-8-23)17-34(14-11-22-16-31-25-4-2-1-3-24(22)25)18-27-33-26(19-36-27)28(35)32-15-20-9-12-30-13-10-20/h1-10,12-13,16,19,31H,11,14-15,17-18H2,(H,32,35). The van der Waals surface area contributed by atoms with Crippen LogP contribution in [0.2, 0.25) is 5.02 Å². The summed E-state index contributed by atoms with van der Waals surface area (Å²) in [5.74, 6) is 0.224. The van der Waals surface area contributed by atoms with E-state index in [1.165, 1.54) is 17.2 Å². The highest BCUT2D eigenvalue weighted by Crippen LogP contribution is 2.20. The molecule has 2 aromatic carbocycles. The number of H-pyrrole nitrogens is 1. The fraction of sp³-hybridized carbons (Fsp3) is 0.179. The van der Waals surface area contributed by atoms with E-state index in [-0.39, 0.29) is 11.6 Å². The highest BCUT2D eigenvalue weighted by atomic mass is 35.5. The zero-order valence-corrected chi connectivity index (χ0v) is 20.4. The molecule has 1 amide bonds. The number of nitrogens with one attached hydrogen (secondary N) is 2. The number of pyridine rings is 1. The quantitative estimate of drug-likeness (QED) is 0.269. The van der Waals surface area contributed by atoms with Crippen molar-refractivity contribution in [3.63, 3.8) is 0 Å². The van der Waals surface area contributed by atoms with Crippen molar-refractivity contribution in [1.29, 1.82) is 0 Å². The Bertz CT molecular complexity index is 1430. The van der Waals surface area contributed by atoms with Crippen LogP contribution in [0.3, 0.4) is 0 Å². The molecule has 0 unspecified atom stereocenters. The van der Waals surface area contributed by atoms with E-state index in [2.05, 4.69) is 49.6 Å². The molecule has 0 atom stereocenters. The molecule has 3 heterocycles. The number of amides is 1. The fourth-order valence-corrected chi connectivity index (χ4v) is 4.26. The van der Waals surface area contributed by atoms with E-state index in [9.17, 15) is 4.79 Å². The van der Waals surface area contributed by atoms with Gasteiger partial charge in [0.05, 0.1) is 6.54 Å². The molecule has 0 spiro atoms. The molecule has 5 aromatic rings. The number of hydrogen-bond donors (Lipinski definition) is 2. The molecule has 0 fully saturated rings. The lowest BCUT2D eigenvalue weighted by molar-refractivity contribution is 0.0945. The van der Waals surface area contributed by atoms with Crippen molar-refractivity contribution in [2.75, 3.05) is 6.54 Å². The molecule has 0 aliphatic rings. The zero-order valence-electron chi connectivity index (χ0n) is 19.7. The van der Waals surface area contributed by atoms with Gasteiger partial charge in [0.25, 0.3) is 5.91 Å². The SMILES string of the molecule is O=C(NCc1ccncc1)c1coc(CN(CCc2c[nH]c3ccccc23)Cc2ccc(Cl)cc2)n1. The van der Waals surface area contributed by atoms with Gasteiger partial charge in [-0.15, -0.1) is 0 Å². The number of nitrogens with zero attached hydrogens (tertiary/aromatic N) is 3. The first-order chi connectivity index (χ1) is 17.6. The van der Waals surface area contributed by atoms with E-state index in [0.717, 1.165) is 29.6 Å². The number of aromatic nitrogens is 3. The summed E-state index contributed by atoms with van der Waals surface area (Å²) in [6, 6.07) is 19.9. The second-order valence-corrected chi connectivity index (χ2v) is 9.05. The second-order valence-electron chi connectivity index (χ2n) is 8.61. The lowest BCUT2D eigenvalue weighted by atomic mass is 10.1. The van der Waals surface area contributed by atoms with Gasteiger partial charge < -0.3 is 14.7 Å². The fourth-order valence-electron chi connectivity index (χ4n) is 4.13. The Hall–Kier alpha value is -3.94. The molecule has 0 bridgehead atoms. The van der Waals surface area contributed by atoms with Gasteiger partial charge in [-0.25, -0.2) is 4.98 Å². The van der Waals surface area contributed by atoms with E-state index in [1.54, 1.807) is 12.4 Å². The summed E-state index contributed by atoms with van der Waals surface area (Å²) in [7, 11) is 0. The summed E-state index contributed by atoms with van der Waals surface area (Å²) in [6.45, 7) is 2.36. The smallest absolute Gasteiger partial charge is 0.273 e. The zero-order chi connectivity index (χ0) is 24.7. The van der Waals surface area contributed by atoms with Gasteiger partial charge in [0.15, 0.2) is 5.69 Å². The van der Waals surface area contributed by atoms with E-state index in [1.807, 2.05) is 42.5 Å². The highest BCUT2D eigenvalue weighted by molar-refractivity contribution is 6.30. The van der Waals surface area contributed by atoms with Crippen molar-refractivity contribution in [2.45, 2.75) is 26.1 Å². The Morgan fingerprint density at radius 3 is 2.64 bits per heavy atom. The molecule has 0 saturated carbocycles. The first-order valence-electron chi connectivity index (χ1n) is 11.8. The van der Waals surface area contributed by atoms with E-state index >= 15 is 0 Å². The predicted octanol–water partition coefficient (Wildman–Crippen LogP) is 5.38. The number of benzene rings is 2.